The molecule has 0 aliphatic rings. The van der Waals surface area contributed by atoms with E-state index in [1.807, 2.05) is 6.92 Å². The summed E-state index contributed by atoms with van der Waals surface area (Å²) in [7, 11) is 0. The first-order valence-corrected chi connectivity index (χ1v) is 7.33. The Morgan fingerprint density at radius 3 is 2.14 bits per heavy atom. The van der Waals surface area contributed by atoms with Crippen LogP contribution in [0.3, 0.4) is 0 Å². The van der Waals surface area contributed by atoms with Crippen molar-refractivity contribution in [2.45, 2.75) is 59.0 Å². The van der Waals surface area contributed by atoms with Gasteiger partial charge in [0.25, 0.3) is 0 Å². The molecule has 1 aromatic rings. The van der Waals surface area contributed by atoms with Gasteiger partial charge in [0.1, 0.15) is 5.75 Å². The Morgan fingerprint density at radius 1 is 1.10 bits per heavy atom. The number of hydrogen-bond donors (Lipinski definition) is 1. The van der Waals surface area contributed by atoms with Gasteiger partial charge in [0, 0.05) is 12.1 Å². The van der Waals surface area contributed by atoms with Crippen molar-refractivity contribution in [3.8, 4) is 5.75 Å². The monoisotopic (exact) mass is 303 g/mol. The van der Waals surface area contributed by atoms with Gasteiger partial charge in [-0.25, -0.2) is 0 Å². The zero-order chi connectivity index (χ0) is 16.0. The van der Waals surface area contributed by atoms with Crippen molar-refractivity contribution >= 4 is 0 Å². The van der Waals surface area contributed by atoms with Crippen molar-refractivity contribution in [3.05, 3.63) is 29.8 Å². The molecule has 120 valence electrons. The predicted octanol–water partition coefficient (Wildman–Crippen LogP) is 5.06. The fraction of sp³-hybridized carbons (Fsp3) is 0.625. The van der Waals surface area contributed by atoms with Gasteiger partial charge in [-0.3, -0.25) is 0 Å². The van der Waals surface area contributed by atoms with E-state index in [1.54, 1.807) is 12.1 Å². The lowest BCUT2D eigenvalue weighted by molar-refractivity contribution is -0.274. The van der Waals surface area contributed by atoms with Gasteiger partial charge in [0.05, 0.1) is 0 Å². The van der Waals surface area contributed by atoms with E-state index in [0.29, 0.717) is 12.0 Å². The van der Waals surface area contributed by atoms with Gasteiger partial charge in [-0.05, 0) is 43.9 Å². The summed E-state index contributed by atoms with van der Waals surface area (Å²) >= 11 is 0. The average Bonchev–Trinajstić information content (AvgIpc) is 2.37. The van der Waals surface area contributed by atoms with E-state index in [4.69, 9.17) is 0 Å². The van der Waals surface area contributed by atoms with E-state index in [2.05, 4.69) is 30.8 Å². The Bertz CT molecular complexity index is 417. The lowest BCUT2D eigenvalue weighted by Crippen LogP contribution is -2.30. The third kappa shape index (κ3) is 6.85. The molecule has 1 rings (SSSR count). The Morgan fingerprint density at radius 2 is 1.67 bits per heavy atom. The van der Waals surface area contributed by atoms with E-state index in [9.17, 15) is 13.2 Å². The van der Waals surface area contributed by atoms with E-state index in [-0.39, 0.29) is 11.8 Å². The zero-order valence-corrected chi connectivity index (χ0v) is 13.0. The molecular formula is C16H24F3NO. The molecule has 0 heterocycles. The molecular weight excluding hydrogens is 279 g/mol. The second-order valence-electron chi connectivity index (χ2n) is 5.66. The number of benzene rings is 1. The summed E-state index contributed by atoms with van der Waals surface area (Å²) in [4.78, 5) is 0. The summed E-state index contributed by atoms with van der Waals surface area (Å²) in [5.74, 6) is 0.466. The van der Waals surface area contributed by atoms with Gasteiger partial charge < -0.3 is 10.1 Å². The number of nitrogens with one attached hydrogen (secondary N) is 1. The minimum atomic E-state index is -4.64. The maximum Gasteiger partial charge on any atom is 0.573 e. The van der Waals surface area contributed by atoms with Crippen LogP contribution < -0.4 is 10.1 Å². The minimum Gasteiger partial charge on any atom is -0.406 e. The summed E-state index contributed by atoms with van der Waals surface area (Å²) in [5.41, 5.74) is 0.945. The fourth-order valence-electron chi connectivity index (χ4n) is 2.32. The number of hydrogen-bond acceptors (Lipinski definition) is 2. The van der Waals surface area contributed by atoms with Crippen LogP contribution in [0.15, 0.2) is 24.3 Å². The lowest BCUT2D eigenvalue weighted by atomic mass is 9.99. The standard InChI is InChI=1S/C16H24F3NO/c1-5-11(2)10-12(3)20-13(4)14-6-8-15(9-7-14)21-16(17,18)19/h6-9,11-13,20H,5,10H2,1-4H3. The van der Waals surface area contributed by atoms with Crippen molar-refractivity contribution in [2.24, 2.45) is 5.92 Å². The summed E-state index contributed by atoms with van der Waals surface area (Å²) in [6, 6.07) is 6.47. The van der Waals surface area contributed by atoms with Crippen LogP contribution >= 0.6 is 0 Å². The van der Waals surface area contributed by atoms with Crippen molar-refractivity contribution < 1.29 is 17.9 Å². The molecule has 2 nitrogen and oxygen atoms in total. The Hall–Kier alpha value is -1.23. The van der Waals surface area contributed by atoms with E-state index in [1.165, 1.54) is 12.1 Å². The molecule has 0 fully saturated rings. The fourth-order valence-corrected chi connectivity index (χ4v) is 2.32. The number of halogens is 3. The van der Waals surface area contributed by atoms with Gasteiger partial charge in [-0.1, -0.05) is 32.4 Å². The number of alkyl halides is 3. The Labute approximate surface area is 124 Å². The molecule has 0 radical (unpaired) electrons. The van der Waals surface area contributed by atoms with E-state index >= 15 is 0 Å². The SMILES string of the molecule is CCC(C)CC(C)NC(C)c1ccc(OC(F)(F)F)cc1. The molecule has 0 amide bonds. The summed E-state index contributed by atoms with van der Waals surface area (Å²) < 4.78 is 40.1. The highest BCUT2D eigenvalue weighted by Gasteiger charge is 2.31. The van der Waals surface area contributed by atoms with Crippen molar-refractivity contribution in [1.82, 2.24) is 5.32 Å². The maximum absolute atomic E-state index is 12.1. The van der Waals surface area contributed by atoms with Crippen LogP contribution in [-0.4, -0.2) is 12.4 Å². The molecule has 1 N–H and O–H groups in total. The first-order valence-electron chi connectivity index (χ1n) is 7.33. The molecule has 1 aromatic carbocycles. The molecule has 5 heteroatoms. The molecule has 0 aromatic heterocycles. The van der Waals surface area contributed by atoms with Crippen LogP contribution in [0, 0.1) is 5.92 Å². The molecule has 0 aliphatic carbocycles. The molecule has 3 atom stereocenters. The molecule has 0 saturated carbocycles. The third-order valence-corrected chi connectivity index (χ3v) is 3.60. The third-order valence-electron chi connectivity index (χ3n) is 3.60. The van der Waals surface area contributed by atoms with E-state index < -0.39 is 6.36 Å². The number of rotatable bonds is 7. The molecule has 21 heavy (non-hydrogen) atoms. The second-order valence-corrected chi connectivity index (χ2v) is 5.66. The van der Waals surface area contributed by atoms with Crippen LogP contribution in [0.4, 0.5) is 13.2 Å². The van der Waals surface area contributed by atoms with Crippen LogP contribution in [0.2, 0.25) is 0 Å². The minimum absolute atomic E-state index is 0.0870. The largest absolute Gasteiger partial charge is 0.573 e. The van der Waals surface area contributed by atoms with Crippen LogP contribution in [0.25, 0.3) is 0 Å². The van der Waals surface area contributed by atoms with Crippen molar-refractivity contribution in [1.29, 1.82) is 0 Å². The number of ether oxygens (including phenoxy) is 1. The second kappa shape index (κ2) is 7.69. The normalized spacial score (nSPS) is 16.3. The topological polar surface area (TPSA) is 21.3 Å². The Kier molecular flexibility index (Phi) is 6.52. The molecule has 0 spiro atoms. The quantitative estimate of drug-likeness (QED) is 0.760. The van der Waals surface area contributed by atoms with Gasteiger partial charge >= 0.3 is 6.36 Å². The molecule has 0 bridgehead atoms. The molecule has 3 unspecified atom stereocenters. The van der Waals surface area contributed by atoms with Gasteiger partial charge in [-0.15, -0.1) is 13.2 Å². The maximum atomic E-state index is 12.1. The van der Waals surface area contributed by atoms with Crippen LogP contribution in [0.1, 0.15) is 52.1 Å². The highest BCUT2D eigenvalue weighted by molar-refractivity contribution is 5.29. The van der Waals surface area contributed by atoms with Crippen molar-refractivity contribution in [3.63, 3.8) is 0 Å². The Balaban J connectivity index is 2.56. The molecule has 0 aliphatic heterocycles. The lowest BCUT2D eigenvalue weighted by Gasteiger charge is -2.23. The zero-order valence-electron chi connectivity index (χ0n) is 13.0. The summed E-state index contributed by atoms with van der Waals surface area (Å²) in [5, 5.41) is 3.47. The first-order chi connectivity index (χ1) is 9.71. The van der Waals surface area contributed by atoms with Gasteiger partial charge in [-0.2, -0.15) is 0 Å². The van der Waals surface area contributed by atoms with E-state index in [0.717, 1.165) is 18.4 Å². The summed E-state index contributed by atoms with van der Waals surface area (Å²) in [6.45, 7) is 8.52. The average molecular weight is 303 g/mol. The van der Waals surface area contributed by atoms with Crippen LogP contribution in [-0.2, 0) is 0 Å². The van der Waals surface area contributed by atoms with Gasteiger partial charge in [0.15, 0.2) is 0 Å². The van der Waals surface area contributed by atoms with Crippen LogP contribution in [0.5, 0.6) is 5.75 Å². The summed E-state index contributed by atoms with van der Waals surface area (Å²) in [6.07, 6.45) is -2.42. The highest BCUT2D eigenvalue weighted by atomic mass is 19.4. The smallest absolute Gasteiger partial charge is 0.406 e. The highest BCUT2D eigenvalue weighted by Crippen LogP contribution is 2.24. The van der Waals surface area contributed by atoms with Crippen molar-refractivity contribution in [2.75, 3.05) is 0 Å². The predicted molar refractivity (Wildman–Crippen MR) is 78.2 cm³/mol. The first kappa shape index (κ1) is 17.8. The molecule has 0 saturated heterocycles. The van der Waals surface area contributed by atoms with Gasteiger partial charge in [0.2, 0.25) is 0 Å².